The van der Waals surface area contributed by atoms with Gasteiger partial charge in [-0.05, 0) is 25.1 Å². The molecule has 24 heavy (non-hydrogen) atoms. The monoisotopic (exact) mass is 337 g/mol. The molecule has 0 saturated heterocycles. The first-order chi connectivity index (χ1) is 11.3. The lowest BCUT2D eigenvalue weighted by molar-refractivity contribution is 0.471. The summed E-state index contributed by atoms with van der Waals surface area (Å²) in [6.07, 6.45) is 0. The van der Waals surface area contributed by atoms with E-state index in [0.717, 1.165) is 16.8 Å². The molecule has 3 rings (SSSR count). The SMILES string of the molecule is Cc1nc2c(cc1F)c(C(=N)N)nn2Cc1c(F)ccc(F)c1F. The van der Waals surface area contributed by atoms with E-state index >= 15 is 0 Å². The Morgan fingerprint density at radius 2 is 1.83 bits per heavy atom. The molecule has 0 unspecified atom stereocenters. The summed E-state index contributed by atoms with van der Waals surface area (Å²) in [5.74, 6) is -4.59. The number of nitrogens with zero attached hydrogens (tertiary/aromatic N) is 3. The summed E-state index contributed by atoms with van der Waals surface area (Å²) in [4.78, 5) is 3.99. The van der Waals surface area contributed by atoms with Crippen LogP contribution in [-0.2, 0) is 6.54 Å². The minimum Gasteiger partial charge on any atom is -0.382 e. The number of nitrogens with one attached hydrogen (secondary N) is 1. The van der Waals surface area contributed by atoms with Gasteiger partial charge in [0.05, 0.1) is 17.6 Å². The zero-order chi connectivity index (χ0) is 17.6. The molecular weight excluding hydrogens is 326 g/mol. The highest BCUT2D eigenvalue weighted by Gasteiger charge is 2.20. The van der Waals surface area contributed by atoms with Crippen molar-refractivity contribution in [3.8, 4) is 0 Å². The molecule has 2 heterocycles. The fourth-order valence-electron chi connectivity index (χ4n) is 2.33. The van der Waals surface area contributed by atoms with Gasteiger partial charge in [0.25, 0.3) is 0 Å². The molecule has 0 radical (unpaired) electrons. The Bertz CT molecular complexity index is 980. The molecule has 1 aromatic carbocycles. The molecule has 2 aromatic heterocycles. The van der Waals surface area contributed by atoms with E-state index in [1.54, 1.807) is 0 Å². The number of aromatic nitrogens is 3. The molecule has 0 bridgehead atoms. The van der Waals surface area contributed by atoms with Crippen LogP contribution in [0.5, 0.6) is 0 Å². The van der Waals surface area contributed by atoms with E-state index in [1.807, 2.05) is 0 Å². The maximum atomic E-state index is 13.9. The maximum absolute atomic E-state index is 13.9. The average molecular weight is 337 g/mol. The number of pyridine rings is 1. The first kappa shape index (κ1) is 15.9. The molecule has 5 nitrogen and oxygen atoms in total. The van der Waals surface area contributed by atoms with Crippen LogP contribution >= 0.6 is 0 Å². The van der Waals surface area contributed by atoms with Crippen molar-refractivity contribution in [2.45, 2.75) is 13.5 Å². The number of nitrogens with two attached hydrogens (primary N) is 1. The summed E-state index contributed by atoms with van der Waals surface area (Å²) in [6.45, 7) is 0.917. The van der Waals surface area contributed by atoms with Gasteiger partial charge >= 0.3 is 0 Å². The number of halogens is 4. The van der Waals surface area contributed by atoms with Crippen LogP contribution in [0.4, 0.5) is 17.6 Å². The second kappa shape index (κ2) is 5.59. The number of hydrogen-bond donors (Lipinski definition) is 2. The molecule has 0 fully saturated rings. The van der Waals surface area contributed by atoms with Crippen LogP contribution in [0, 0.1) is 35.6 Å². The minimum atomic E-state index is -1.35. The third-order valence-corrected chi connectivity index (χ3v) is 3.55. The van der Waals surface area contributed by atoms with Crippen molar-refractivity contribution in [1.29, 1.82) is 5.41 Å². The molecule has 3 aromatic rings. The lowest BCUT2D eigenvalue weighted by atomic mass is 10.2. The highest BCUT2D eigenvalue weighted by atomic mass is 19.2. The Labute approximate surface area is 133 Å². The third-order valence-electron chi connectivity index (χ3n) is 3.55. The molecule has 0 aliphatic carbocycles. The molecule has 0 spiro atoms. The lowest BCUT2D eigenvalue weighted by Crippen LogP contribution is -2.14. The average Bonchev–Trinajstić information content (AvgIpc) is 2.86. The van der Waals surface area contributed by atoms with Crippen LogP contribution in [0.1, 0.15) is 17.0 Å². The molecule has 0 saturated carbocycles. The van der Waals surface area contributed by atoms with Crippen molar-refractivity contribution in [3.05, 3.63) is 58.4 Å². The van der Waals surface area contributed by atoms with Crippen LogP contribution in [0.25, 0.3) is 11.0 Å². The van der Waals surface area contributed by atoms with Crippen LogP contribution in [0.2, 0.25) is 0 Å². The number of benzene rings is 1. The molecule has 0 atom stereocenters. The number of amidine groups is 1. The predicted molar refractivity (Wildman–Crippen MR) is 78.7 cm³/mol. The van der Waals surface area contributed by atoms with Crippen LogP contribution < -0.4 is 5.73 Å². The van der Waals surface area contributed by atoms with E-state index in [2.05, 4.69) is 10.1 Å². The fourth-order valence-corrected chi connectivity index (χ4v) is 2.33. The van der Waals surface area contributed by atoms with Crippen LogP contribution in [-0.4, -0.2) is 20.6 Å². The van der Waals surface area contributed by atoms with E-state index in [0.29, 0.717) is 6.07 Å². The Morgan fingerprint density at radius 3 is 2.50 bits per heavy atom. The Kier molecular flexibility index (Phi) is 3.70. The quantitative estimate of drug-likeness (QED) is 0.334. The number of hydrogen-bond acceptors (Lipinski definition) is 3. The van der Waals surface area contributed by atoms with Crippen molar-refractivity contribution >= 4 is 16.9 Å². The van der Waals surface area contributed by atoms with Crippen molar-refractivity contribution in [3.63, 3.8) is 0 Å². The van der Waals surface area contributed by atoms with Gasteiger partial charge in [0.2, 0.25) is 0 Å². The summed E-state index contributed by atoms with van der Waals surface area (Å²) in [6, 6.07) is 2.56. The summed E-state index contributed by atoms with van der Waals surface area (Å²) in [5, 5.41) is 11.6. The standard InChI is InChI=1S/C15H11F4N5/c1-6-11(18)4-7-13(14(20)21)23-24(15(7)22-6)5-8-9(16)2-3-10(17)12(8)19/h2-4H,5H2,1H3,(H3,20,21). The number of rotatable bonds is 3. The molecular formula is C15H11F4N5. The van der Waals surface area contributed by atoms with E-state index in [1.165, 1.54) is 6.92 Å². The minimum absolute atomic E-state index is 0.0407. The molecule has 0 aliphatic rings. The highest BCUT2D eigenvalue weighted by molar-refractivity contribution is 6.04. The Morgan fingerprint density at radius 1 is 1.17 bits per heavy atom. The summed E-state index contributed by atoms with van der Waals surface area (Å²) in [7, 11) is 0. The van der Waals surface area contributed by atoms with Gasteiger partial charge in [0, 0.05) is 5.56 Å². The van der Waals surface area contributed by atoms with Gasteiger partial charge in [-0.2, -0.15) is 5.10 Å². The van der Waals surface area contributed by atoms with E-state index in [4.69, 9.17) is 11.1 Å². The van der Waals surface area contributed by atoms with Gasteiger partial charge < -0.3 is 5.73 Å². The zero-order valence-corrected chi connectivity index (χ0v) is 12.4. The second-order valence-electron chi connectivity index (χ2n) is 5.17. The molecule has 124 valence electrons. The van der Waals surface area contributed by atoms with Gasteiger partial charge in [0.1, 0.15) is 23.2 Å². The maximum Gasteiger partial charge on any atom is 0.166 e. The van der Waals surface area contributed by atoms with Gasteiger partial charge in [-0.15, -0.1) is 0 Å². The fraction of sp³-hybridized carbons (Fsp3) is 0.133. The van der Waals surface area contributed by atoms with E-state index < -0.39 is 41.2 Å². The largest absolute Gasteiger partial charge is 0.382 e. The van der Waals surface area contributed by atoms with Crippen molar-refractivity contribution in [2.75, 3.05) is 0 Å². The Hall–Kier alpha value is -2.97. The van der Waals surface area contributed by atoms with Gasteiger partial charge in [-0.1, -0.05) is 0 Å². The Balaban J connectivity index is 2.22. The molecule has 9 heteroatoms. The first-order valence-electron chi connectivity index (χ1n) is 6.80. The summed E-state index contributed by atoms with van der Waals surface area (Å²) >= 11 is 0. The van der Waals surface area contributed by atoms with E-state index in [-0.39, 0.29) is 22.4 Å². The normalized spacial score (nSPS) is 11.2. The molecule has 3 N–H and O–H groups in total. The van der Waals surface area contributed by atoms with Crippen LogP contribution in [0.3, 0.4) is 0 Å². The summed E-state index contributed by atoms with van der Waals surface area (Å²) in [5.41, 5.74) is 4.90. The number of aryl methyl sites for hydroxylation is 1. The van der Waals surface area contributed by atoms with Crippen molar-refractivity contribution in [1.82, 2.24) is 14.8 Å². The van der Waals surface area contributed by atoms with Gasteiger partial charge in [0.15, 0.2) is 17.3 Å². The number of nitrogen functional groups attached to an aromatic ring is 1. The molecule has 0 aliphatic heterocycles. The lowest BCUT2D eigenvalue weighted by Gasteiger charge is -2.07. The van der Waals surface area contributed by atoms with Crippen molar-refractivity contribution < 1.29 is 17.6 Å². The van der Waals surface area contributed by atoms with Gasteiger partial charge in [-0.25, -0.2) is 27.2 Å². The molecule has 0 amide bonds. The highest BCUT2D eigenvalue weighted by Crippen LogP contribution is 2.23. The zero-order valence-electron chi connectivity index (χ0n) is 12.4. The topological polar surface area (TPSA) is 80.6 Å². The van der Waals surface area contributed by atoms with E-state index in [9.17, 15) is 17.6 Å². The first-order valence-corrected chi connectivity index (χ1v) is 6.80. The van der Waals surface area contributed by atoms with Crippen LogP contribution in [0.15, 0.2) is 18.2 Å². The number of fused-ring (bicyclic) bond motifs is 1. The predicted octanol–water partition coefficient (Wildman–Crippen LogP) is 2.63. The van der Waals surface area contributed by atoms with Gasteiger partial charge in [-0.3, -0.25) is 5.41 Å². The second-order valence-corrected chi connectivity index (χ2v) is 5.17. The summed E-state index contributed by atoms with van der Waals surface area (Å²) < 4.78 is 55.8. The smallest absolute Gasteiger partial charge is 0.166 e. The van der Waals surface area contributed by atoms with Crippen molar-refractivity contribution in [2.24, 2.45) is 5.73 Å². The third kappa shape index (κ3) is 2.47.